The third-order valence-corrected chi connectivity index (χ3v) is 6.15. The Morgan fingerprint density at radius 1 is 1.29 bits per heavy atom. The molecule has 5 nitrogen and oxygen atoms in total. The molecule has 1 aromatic heterocycles. The van der Waals surface area contributed by atoms with Crippen molar-refractivity contribution in [1.29, 1.82) is 0 Å². The van der Waals surface area contributed by atoms with Gasteiger partial charge in [-0.2, -0.15) is 0 Å². The fourth-order valence-corrected chi connectivity index (χ4v) is 4.38. The fraction of sp³-hybridized carbons (Fsp3) is 0.400. The Kier molecular flexibility index (Phi) is 7.57. The summed E-state index contributed by atoms with van der Waals surface area (Å²) in [6.07, 6.45) is 1.83. The summed E-state index contributed by atoms with van der Waals surface area (Å²) in [6, 6.07) is 7.44. The zero-order valence-corrected chi connectivity index (χ0v) is 17.5. The third kappa shape index (κ3) is 5.10. The minimum absolute atomic E-state index is 0. The largest absolute Gasteiger partial charge is 0.338 e. The highest BCUT2D eigenvalue weighted by atomic mass is 35.5. The summed E-state index contributed by atoms with van der Waals surface area (Å²) in [5, 5.41) is 3.33. The van der Waals surface area contributed by atoms with Crippen molar-refractivity contribution in [3.8, 4) is 0 Å². The van der Waals surface area contributed by atoms with E-state index in [1.807, 2.05) is 18.7 Å². The van der Waals surface area contributed by atoms with E-state index in [1.165, 1.54) is 29.5 Å². The molecule has 2 amide bonds. The number of benzene rings is 1. The standard InChI is InChI=1S/C20H24FN3O2S.ClH/c1-12-10-17(23-19(25)15-4-3-5-16(21)11-15)27-18(12)20(26)24-8-6-14(7-9-24)13(2)22;/h3-5,10-11,13-14H,6-9,22H2,1-2H3,(H,23,25);1H. The van der Waals surface area contributed by atoms with Gasteiger partial charge in [0.25, 0.3) is 11.8 Å². The van der Waals surface area contributed by atoms with E-state index in [0.717, 1.165) is 18.4 Å². The number of anilines is 1. The van der Waals surface area contributed by atoms with Gasteiger partial charge in [0.2, 0.25) is 0 Å². The quantitative estimate of drug-likeness (QED) is 0.775. The molecule has 152 valence electrons. The topological polar surface area (TPSA) is 75.4 Å². The average molecular weight is 426 g/mol. The maximum atomic E-state index is 13.3. The van der Waals surface area contributed by atoms with Crippen LogP contribution >= 0.6 is 23.7 Å². The van der Waals surface area contributed by atoms with Gasteiger partial charge in [0.15, 0.2) is 0 Å². The van der Waals surface area contributed by atoms with Gasteiger partial charge in [-0.15, -0.1) is 23.7 Å². The smallest absolute Gasteiger partial charge is 0.264 e. The van der Waals surface area contributed by atoms with Crippen molar-refractivity contribution >= 4 is 40.6 Å². The predicted octanol–water partition coefficient (Wildman–Crippen LogP) is 4.07. The van der Waals surface area contributed by atoms with E-state index < -0.39 is 11.7 Å². The van der Waals surface area contributed by atoms with Crippen LogP contribution in [-0.2, 0) is 0 Å². The van der Waals surface area contributed by atoms with E-state index in [0.29, 0.717) is 28.9 Å². The fourth-order valence-electron chi connectivity index (χ4n) is 3.34. The second kappa shape index (κ2) is 9.49. The summed E-state index contributed by atoms with van der Waals surface area (Å²) < 4.78 is 13.3. The van der Waals surface area contributed by atoms with Crippen molar-refractivity contribution in [3.63, 3.8) is 0 Å². The van der Waals surface area contributed by atoms with Gasteiger partial charge >= 0.3 is 0 Å². The molecule has 0 saturated carbocycles. The number of nitrogens with one attached hydrogen (secondary N) is 1. The molecular weight excluding hydrogens is 401 g/mol. The van der Waals surface area contributed by atoms with Gasteiger partial charge in [0, 0.05) is 24.7 Å². The Bertz CT molecular complexity index is 848. The average Bonchev–Trinajstić information content (AvgIpc) is 3.01. The highest BCUT2D eigenvalue weighted by Gasteiger charge is 2.27. The molecule has 1 aliphatic heterocycles. The summed E-state index contributed by atoms with van der Waals surface area (Å²) in [7, 11) is 0. The van der Waals surface area contributed by atoms with Gasteiger partial charge in [-0.05, 0) is 62.4 Å². The van der Waals surface area contributed by atoms with Gasteiger partial charge in [-0.25, -0.2) is 4.39 Å². The molecule has 28 heavy (non-hydrogen) atoms. The zero-order valence-electron chi connectivity index (χ0n) is 15.9. The van der Waals surface area contributed by atoms with Gasteiger partial charge in [0.05, 0.1) is 9.88 Å². The second-order valence-electron chi connectivity index (χ2n) is 7.08. The number of hydrogen-bond acceptors (Lipinski definition) is 4. The molecule has 1 atom stereocenters. The van der Waals surface area contributed by atoms with Crippen LogP contribution in [0.3, 0.4) is 0 Å². The molecule has 0 radical (unpaired) electrons. The van der Waals surface area contributed by atoms with Crippen LogP contribution in [0.2, 0.25) is 0 Å². The van der Waals surface area contributed by atoms with E-state index >= 15 is 0 Å². The van der Waals surface area contributed by atoms with Crippen LogP contribution in [-0.4, -0.2) is 35.8 Å². The van der Waals surface area contributed by atoms with Crippen LogP contribution in [0.25, 0.3) is 0 Å². The number of carbonyl (C=O) groups is 2. The highest BCUT2D eigenvalue weighted by molar-refractivity contribution is 7.18. The molecule has 1 unspecified atom stereocenters. The number of likely N-dealkylation sites (tertiary alicyclic amines) is 1. The van der Waals surface area contributed by atoms with Crippen LogP contribution in [0.4, 0.5) is 9.39 Å². The number of halogens is 2. The van der Waals surface area contributed by atoms with Crippen molar-refractivity contribution in [2.75, 3.05) is 18.4 Å². The van der Waals surface area contributed by atoms with Crippen molar-refractivity contribution < 1.29 is 14.0 Å². The van der Waals surface area contributed by atoms with Crippen LogP contribution in [0, 0.1) is 18.7 Å². The number of amides is 2. The molecule has 2 aromatic rings. The van der Waals surface area contributed by atoms with Crippen molar-refractivity contribution in [2.45, 2.75) is 32.7 Å². The molecule has 1 saturated heterocycles. The first-order valence-electron chi connectivity index (χ1n) is 9.07. The summed E-state index contributed by atoms with van der Waals surface area (Å²) in [5.41, 5.74) is 7.04. The maximum Gasteiger partial charge on any atom is 0.264 e. The minimum Gasteiger partial charge on any atom is -0.338 e. The number of thiophene rings is 1. The number of nitrogens with two attached hydrogens (primary N) is 1. The molecular formula is C20H25ClFN3O2S. The van der Waals surface area contributed by atoms with Crippen LogP contribution in [0.5, 0.6) is 0 Å². The number of carbonyl (C=O) groups excluding carboxylic acids is 2. The summed E-state index contributed by atoms with van der Waals surface area (Å²) in [4.78, 5) is 27.6. The molecule has 1 fully saturated rings. The Morgan fingerprint density at radius 3 is 2.57 bits per heavy atom. The number of hydrogen-bond donors (Lipinski definition) is 2. The van der Waals surface area contributed by atoms with Crippen molar-refractivity contribution in [2.24, 2.45) is 11.7 Å². The summed E-state index contributed by atoms with van der Waals surface area (Å²) in [6.45, 7) is 5.27. The molecule has 3 rings (SSSR count). The van der Waals surface area contributed by atoms with E-state index in [4.69, 9.17) is 5.73 Å². The zero-order chi connectivity index (χ0) is 19.6. The number of rotatable bonds is 4. The van der Waals surface area contributed by atoms with Gasteiger partial charge < -0.3 is 16.0 Å². The van der Waals surface area contributed by atoms with E-state index in [-0.39, 0.29) is 29.9 Å². The predicted molar refractivity (Wildman–Crippen MR) is 113 cm³/mol. The number of nitrogens with zero attached hydrogens (tertiary/aromatic N) is 1. The number of piperidine rings is 1. The SMILES string of the molecule is Cc1cc(NC(=O)c2cccc(F)c2)sc1C(=O)N1CCC(C(C)N)CC1.Cl. The summed E-state index contributed by atoms with van der Waals surface area (Å²) >= 11 is 1.25. The van der Waals surface area contributed by atoms with Crippen molar-refractivity contribution in [3.05, 3.63) is 52.2 Å². The Morgan fingerprint density at radius 2 is 1.96 bits per heavy atom. The van der Waals surface area contributed by atoms with Crippen LogP contribution < -0.4 is 11.1 Å². The normalized spacial score (nSPS) is 15.6. The van der Waals surface area contributed by atoms with Crippen molar-refractivity contribution in [1.82, 2.24) is 4.90 Å². The highest BCUT2D eigenvalue weighted by Crippen LogP contribution is 2.30. The first-order chi connectivity index (χ1) is 12.8. The molecule has 3 N–H and O–H groups in total. The first kappa shape index (κ1) is 22.3. The third-order valence-electron chi connectivity index (χ3n) is 5.01. The lowest BCUT2D eigenvalue weighted by Crippen LogP contribution is -2.42. The van der Waals surface area contributed by atoms with E-state index in [9.17, 15) is 14.0 Å². The van der Waals surface area contributed by atoms with E-state index in [2.05, 4.69) is 5.32 Å². The molecule has 2 heterocycles. The Hall–Kier alpha value is -1.96. The maximum absolute atomic E-state index is 13.3. The molecule has 8 heteroatoms. The molecule has 1 aliphatic rings. The van der Waals surface area contributed by atoms with Gasteiger partial charge in [0.1, 0.15) is 5.82 Å². The monoisotopic (exact) mass is 425 g/mol. The second-order valence-corrected chi connectivity index (χ2v) is 8.13. The number of aryl methyl sites for hydroxylation is 1. The first-order valence-corrected chi connectivity index (χ1v) is 9.89. The van der Waals surface area contributed by atoms with Crippen LogP contribution in [0.15, 0.2) is 30.3 Å². The summed E-state index contributed by atoms with van der Waals surface area (Å²) in [5.74, 6) is -0.407. The minimum atomic E-state index is -0.462. The molecule has 1 aromatic carbocycles. The lowest BCUT2D eigenvalue weighted by atomic mass is 9.91. The van der Waals surface area contributed by atoms with Gasteiger partial charge in [-0.3, -0.25) is 9.59 Å². The molecule has 0 aliphatic carbocycles. The lowest BCUT2D eigenvalue weighted by molar-refractivity contribution is 0.0685. The van der Waals surface area contributed by atoms with Gasteiger partial charge in [-0.1, -0.05) is 6.07 Å². The Labute approximate surface area is 174 Å². The molecule has 0 spiro atoms. The Balaban J connectivity index is 0.00000280. The van der Waals surface area contributed by atoms with Crippen LogP contribution in [0.1, 0.15) is 45.4 Å². The molecule has 0 bridgehead atoms. The lowest BCUT2D eigenvalue weighted by Gasteiger charge is -2.33. The van der Waals surface area contributed by atoms with E-state index in [1.54, 1.807) is 12.1 Å².